The molecule has 0 aliphatic carbocycles. The number of allylic oxidation sites excluding steroid dienone is 8. The zero-order chi connectivity index (χ0) is 26.2. The third-order valence-electron chi connectivity index (χ3n) is 4.30. The van der Waals surface area contributed by atoms with Crippen molar-refractivity contribution in [2.24, 2.45) is 0 Å². The summed E-state index contributed by atoms with van der Waals surface area (Å²) in [6, 6.07) is 10.3. The second-order valence-electron chi connectivity index (χ2n) is 7.51. The van der Waals surface area contributed by atoms with E-state index in [0.717, 1.165) is 30.7 Å². The molecule has 186 valence electrons. The van der Waals surface area contributed by atoms with Crippen LogP contribution in [0.5, 0.6) is 0 Å². The minimum absolute atomic E-state index is 0.926. The van der Waals surface area contributed by atoms with Gasteiger partial charge in [0.2, 0.25) is 0 Å². The molecule has 2 rings (SSSR count). The number of rotatable bonds is 8. The van der Waals surface area contributed by atoms with Crippen molar-refractivity contribution in [3.63, 3.8) is 0 Å². The molecule has 2 N–H and O–H groups in total. The summed E-state index contributed by atoms with van der Waals surface area (Å²) in [7, 11) is 3.86. The normalized spacial score (nSPS) is 10.8. The van der Waals surface area contributed by atoms with Gasteiger partial charge in [0.1, 0.15) is 0 Å². The highest BCUT2D eigenvalue weighted by atomic mass is 14.8. The van der Waals surface area contributed by atoms with Crippen molar-refractivity contribution in [3.8, 4) is 0 Å². The number of aromatic nitrogens is 1. The van der Waals surface area contributed by atoms with Gasteiger partial charge in [0.25, 0.3) is 0 Å². The molecule has 0 unspecified atom stereocenters. The van der Waals surface area contributed by atoms with Crippen molar-refractivity contribution >= 4 is 17.0 Å². The summed E-state index contributed by atoms with van der Waals surface area (Å²) in [6.07, 6.45) is 14.7. The molecule has 0 fully saturated rings. The topological polar surface area (TPSA) is 37.0 Å². The number of hydrogen-bond acceptors (Lipinski definition) is 3. The Hall–Kier alpha value is -3.01. The number of pyridine rings is 1. The van der Waals surface area contributed by atoms with Gasteiger partial charge in [-0.05, 0) is 78.7 Å². The molecular weight excluding hydrogens is 414 g/mol. The molecule has 0 atom stereocenters. The molecule has 0 spiro atoms. The molecule has 3 heteroatoms. The van der Waals surface area contributed by atoms with E-state index in [0.29, 0.717) is 0 Å². The number of aryl methyl sites for hydroxylation is 1. The molecule has 34 heavy (non-hydrogen) atoms. The van der Waals surface area contributed by atoms with E-state index in [1.807, 2.05) is 38.4 Å². The van der Waals surface area contributed by atoms with E-state index in [1.54, 1.807) is 12.2 Å². The fourth-order valence-electron chi connectivity index (χ4n) is 2.37. The number of nitrogens with zero attached hydrogens (tertiary/aromatic N) is 1. The van der Waals surface area contributed by atoms with Gasteiger partial charge in [-0.25, -0.2) is 4.98 Å². The highest BCUT2D eigenvalue weighted by Crippen LogP contribution is 2.14. The Labute approximate surface area is 209 Å². The summed E-state index contributed by atoms with van der Waals surface area (Å²) < 4.78 is 0. The Balaban J connectivity index is 0. The van der Waals surface area contributed by atoms with Gasteiger partial charge in [0.15, 0.2) is 0 Å². The minimum Gasteiger partial charge on any atom is -0.320 e. The van der Waals surface area contributed by atoms with Crippen LogP contribution in [0.15, 0.2) is 97.7 Å². The summed E-state index contributed by atoms with van der Waals surface area (Å²) in [5, 5.41) is 7.05. The van der Waals surface area contributed by atoms with Crippen molar-refractivity contribution in [1.29, 1.82) is 0 Å². The maximum absolute atomic E-state index is 4.42. The zero-order valence-corrected chi connectivity index (χ0v) is 22.6. The van der Waals surface area contributed by atoms with Crippen molar-refractivity contribution in [2.75, 3.05) is 27.2 Å². The van der Waals surface area contributed by atoms with E-state index in [4.69, 9.17) is 0 Å². The summed E-state index contributed by atoms with van der Waals surface area (Å²) in [6.45, 7) is 23.5. The number of benzene rings is 1. The second-order valence-corrected chi connectivity index (χ2v) is 7.51. The number of hydrogen-bond donors (Lipinski definition) is 2. The van der Waals surface area contributed by atoms with Crippen LogP contribution in [-0.4, -0.2) is 32.2 Å². The van der Waals surface area contributed by atoms with Crippen LogP contribution >= 0.6 is 0 Å². The lowest BCUT2D eigenvalue weighted by Crippen LogP contribution is -2.01. The Morgan fingerprint density at radius 2 is 1.56 bits per heavy atom. The van der Waals surface area contributed by atoms with Gasteiger partial charge < -0.3 is 10.6 Å². The minimum atomic E-state index is 0.926. The molecule has 0 aliphatic rings. The monoisotopic (exact) mass is 461 g/mol. The largest absolute Gasteiger partial charge is 0.320 e. The molecule has 1 aromatic heterocycles. The summed E-state index contributed by atoms with van der Waals surface area (Å²) in [5.74, 6) is 0. The fourth-order valence-corrected chi connectivity index (χ4v) is 2.37. The van der Waals surface area contributed by atoms with E-state index < -0.39 is 0 Å². The van der Waals surface area contributed by atoms with Gasteiger partial charge in [0, 0.05) is 5.39 Å². The van der Waals surface area contributed by atoms with Gasteiger partial charge in [-0.15, -0.1) is 6.58 Å². The van der Waals surface area contributed by atoms with E-state index in [2.05, 4.69) is 106 Å². The molecule has 0 radical (unpaired) electrons. The van der Waals surface area contributed by atoms with Gasteiger partial charge in [-0.3, -0.25) is 0 Å². The fraction of sp³-hybridized carbons (Fsp3) is 0.323. The average molecular weight is 462 g/mol. The molecule has 0 aliphatic heterocycles. The van der Waals surface area contributed by atoms with Gasteiger partial charge in [-0.2, -0.15) is 0 Å². The van der Waals surface area contributed by atoms with Gasteiger partial charge >= 0.3 is 0 Å². The lowest BCUT2D eigenvalue weighted by Gasteiger charge is -1.99. The first-order chi connectivity index (χ1) is 16.3. The van der Waals surface area contributed by atoms with Gasteiger partial charge in [-0.1, -0.05) is 92.3 Å². The maximum atomic E-state index is 4.42. The lowest BCUT2D eigenvalue weighted by molar-refractivity contribution is 0.863. The van der Waals surface area contributed by atoms with E-state index >= 15 is 0 Å². The van der Waals surface area contributed by atoms with Crippen LogP contribution < -0.4 is 10.6 Å². The Morgan fingerprint density at radius 3 is 2.06 bits per heavy atom. The summed E-state index contributed by atoms with van der Waals surface area (Å²) in [4.78, 5) is 4.42. The van der Waals surface area contributed by atoms with Crippen molar-refractivity contribution in [3.05, 3.63) is 109 Å². The Morgan fingerprint density at radius 1 is 0.941 bits per heavy atom. The van der Waals surface area contributed by atoms with Crippen LogP contribution in [0.3, 0.4) is 0 Å². The zero-order valence-electron chi connectivity index (χ0n) is 22.6. The highest BCUT2D eigenvalue weighted by Gasteiger charge is 1.95. The predicted octanol–water partition coefficient (Wildman–Crippen LogP) is 7.83. The molecule has 3 nitrogen and oxygen atoms in total. The first-order valence-electron chi connectivity index (χ1n) is 11.9. The van der Waals surface area contributed by atoms with Crippen LogP contribution in [0.25, 0.3) is 17.0 Å². The molecule has 0 saturated carbocycles. The molecule has 0 bridgehead atoms. The predicted molar refractivity (Wildman–Crippen MR) is 157 cm³/mol. The summed E-state index contributed by atoms with van der Waals surface area (Å²) >= 11 is 0. The third-order valence-corrected chi connectivity index (χ3v) is 4.30. The van der Waals surface area contributed by atoms with Crippen LogP contribution in [0.2, 0.25) is 0 Å². The van der Waals surface area contributed by atoms with Crippen molar-refractivity contribution in [1.82, 2.24) is 15.6 Å². The smallest absolute Gasteiger partial charge is 0.0709 e. The molecular formula is C31H47N3. The molecule has 1 aromatic carbocycles. The third kappa shape index (κ3) is 18.6. The summed E-state index contributed by atoms with van der Waals surface area (Å²) in [5.41, 5.74) is 5.69. The molecule has 0 amide bonds. The second kappa shape index (κ2) is 23.2. The van der Waals surface area contributed by atoms with Crippen LogP contribution in [0.1, 0.15) is 45.4 Å². The molecule has 1 heterocycles. The number of fused-ring (bicyclic) bond motifs is 1. The van der Waals surface area contributed by atoms with E-state index in [-0.39, 0.29) is 0 Å². The Kier molecular flexibility index (Phi) is 22.6. The standard InChI is InChI=1S/C13H18.C12H11N.2C3H9N/c1-5-7-8-10-13(4)11-12(3)9-6-2;1-3-11-6-5-10-8-9(2)4-7-12(10)13-11;2*1-3-4-2/h5-6,8-11H,1-2,7H2,3-4H3;3-8H,1H2,2H3;2*4H,3H2,1-2H3/b10-8-,12-9-,13-11+;;;. The molecule has 0 saturated heterocycles. The van der Waals surface area contributed by atoms with Crippen LogP contribution in [0.4, 0.5) is 0 Å². The SMILES string of the molecule is C=C\C=C(C)/C=C(C)/C=C\CC=C.C=Cc1ccc2cc(C)ccc2n1.CCNC.CCNC. The Bertz CT molecular complexity index is 909. The average Bonchev–Trinajstić information content (AvgIpc) is 2.84. The van der Waals surface area contributed by atoms with Gasteiger partial charge in [0.05, 0.1) is 11.2 Å². The van der Waals surface area contributed by atoms with Crippen molar-refractivity contribution in [2.45, 2.75) is 41.0 Å². The van der Waals surface area contributed by atoms with Crippen LogP contribution in [-0.2, 0) is 0 Å². The first kappa shape index (κ1) is 33.2. The van der Waals surface area contributed by atoms with Crippen LogP contribution in [0, 0.1) is 6.92 Å². The quantitative estimate of drug-likeness (QED) is 0.310. The first-order valence-corrected chi connectivity index (χ1v) is 11.9. The highest BCUT2D eigenvalue weighted by molar-refractivity contribution is 5.80. The number of nitrogens with one attached hydrogen (secondary N) is 2. The lowest BCUT2D eigenvalue weighted by atomic mass is 10.1. The molecule has 2 aromatic rings. The maximum Gasteiger partial charge on any atom is 0.0709 e. The van der Waals surface area contributed by atoms with E-state index in [9.17, 15) is 0 Å². The van der Waals surface area contributed by atoms with Crippen molar-refractivity contribution < 1.29 is 0 Å². The van der Waals surface area contributed by atoms with E-state index in [1.165, 1.54) is 22.1 Å².